The van der Waals surface area contributed by atoms with Crippen LogP contribution in [0.3, 0.4) is 0 Å². The number of benzene rings is 2. The number of nitrogens with zero attached hydrogens (tertiary/aromatic N) is 3. The first kappa shape index (κ1) is 21.6. The fourth-order valence-electron chi connectivity index (χ4n) is 3.46. The Morgan fingerprint density at radius 1 is 1.00 bits per heavy atom. The quantitative estimate of drug-likeness (QED) is 0.452. The van der Waals surface area contributed by atoms with Crippen molar-refractivity contribution in [2.45, 2.75) is 12.5 Å². The van der Waals surface area contributed by atoms with Crippen LogP contribution in [0.2, 0.25) is 0 Å². The summed E-state index contributed by atoms with van der Waals surface area (Å²) in [4.78, 5) is 4.48. The van der Waals surface area contributed by atoms with Gasteiger partial charge in [-0.05, 0) is 24.6 Å². The number of anilines is 1. The molecular weight excluding hydrogens is 398 g/mol. The van der Waals surface area contributed by atoms with Gasteiger partial charge in [-0.2, -0.15) is 5.10 Å². The molecule has 1 aliphatic heterocycles. The third-order valence-corrected chi connectivity index (χ3v) is 5.16. The molecule has 1 aliphatic rings. The van der Waals surface area contributed by atoms with Gasteiger partial charge in [-0.3, -0.25) is 4.68 Å². The lowest BCUT2D eigenvalue weighted by Crippen LogP contribution is -2.40. The zero-order chi connectivity index (χ0) is 22.0. The standard InChI is InChI=1S/C20H23N5O.C6H6/c1-25-14-17(11-24-25)16-9-19-20(23-10-16)26-18(13-22-19)12-21-8-7-15-5-3-2-4-6-15;1-2-4-6-5-3-1/h2-6,9-11,14,18,21-22H,7-8,12-13H2,1H3;1-6H. The number of pyridine rings is 1. The third kappa shape index (κ3) is 6.18. The van der Waals surface area contributed by atoms with Crippen LogP contribution in [0, 0.1) is 0 Å². The van der Waals surface area contributed by atoms with Crippen LogP contribution < -0.4 is 15.4 Å². The molecular formula is C26H29N5O. The lowest BCUT2D eigenvalue weighted by Gasteiger charge is -2.27. The number of fused-ring (bicyclic) bond motifs is 1. The third-order valence-electron chi connectivity index (χ3n) is 5.16. The SMILES string of the molecule is Cn1cc(-c2cnc3c(c2)NCC(CNCCc2ccccc2)O3)cn1.c1ccccc1. The van der Waals surface area contributed by atoms with E-state index < -0.39 is 0 Å². The van der Waals surface area contributed by atoms with Gasteiger partial charge in [0.05, 0.1) is 18.4 Å². The second-order valence-corrected chi connectivity index (χ2v) is 7.69. The van der Waals surface area contributed by atoms with Crippen molar-refractivity contribution in [2.24, 2.45) is 7.05 Å². The highest BCUT2D eigenvalue weighted by Crippen LogP contribution is 2.30. The monoisotopic (exact) mass is 427 g/mol. The highest BCUT2D eigenvalue weighted by Gasteiger charge is 2.20. The maximum absolute atomic E-state index is 6.02. The molecule has 0 fully saturated rings. The summed E-state index contributed by atoms with van der Waals surface area (Å²) in [6.45, 7) is 2.50. The van der Waals surface area contributed by atoms with Gasteiger partial charge in [-0.25, -0.2) is 4.98 Å². The summed E-state index contributed by atoms with van der Waals surface area (Å²) >= 11 is 0. The summed E-state index contributed by atoms with van der Waals surface area (Å²) in [5, 5.41) is 11.1. The average molecular weight is 428 g/mol. The molecule has 164 valence electrons. The van der Waals surface area contributed by atoms with Gasteiger partial charge in [-0.15, -0.1) is 0 Å². The molecule has 0 saturated heterocycles. The van der Waals surface area contributed by atoms with Gasteiger partial charge in [0.2, 0.25) is 5.88 Å². The van der Waals surface area contributed by atoms with Crippen LogP contribution in [0.5, 0.6) is 5.88 Å². The Kier molecular flexibility index (Phi) is 7.50. The Balaban J connectivity index is 0.000000354. The van der Waals surface area contributed by atoms with Crippen molar-refractivity contribution in [1.29, 1.82) is 0 Å². The van der Waals surface area contributed by atoms with E-state index in [4.69, 9.17) is 4.74 Å². The van der Waals surface area contributed by atoms with E-state index in [0.717, 1.165) is 42.9 Å². The Labute approximate surface area is 189 Å². The molecule has 0 spiro atoms. The minimum absolute atomic E-state index is 0.0787. The van der Waals surface area contributed by atoms with Crippen LogP contribution in [-0.4, -0.2) is 40.5 Å². The Morgan fingerprint density at radius 2 is 1.72 bits per heavy atom. The van der Waals surface area contributed by atoms with Crippen LogP contribution in [0.1, 0.15) is 5.56 Å². The first-order valence-electron chi connectivity index (χ1n) is 10.9. The molecule has 0 aliphatic carbocycles. The van der Waals surface area contributed by atoms with Gasteiger partial charge in [-0.1, -0.05) is 66.7 Å². The van der Waals surface area contributed by atoms with Crippen molar-refractivity contribution in [1.82, 2.24) is 20.1 Å². The van der Waals surface area contributed by atoms with Crippen molar-refractivity contribution in [2.75, 3.05) is 25.0 Å². The average Bonchev–Trinajstić information content (AvgIpc) is 3.30. The van der Waals surface area contributed by atoms with Crippen molar-refractivity contribution in [3.05, 3.63) is 97.0 Å². The van der Waals surface area contributed by atoms with E-state index >= 15 is 0 Å². The van der Waals surface area contributed by atoms with E-state index in [-0.39, 0.29) is 6.10 Å². The van der Waals surface area contributed by atoms with E-state index in [2.05, 4.69) is 51.0 Å². The van der Waals surface area contributed by atoms with Crippen molar-refractivity contribution in [3.63, 3.8) is 0 Å². The summed E-state index contributed by atoms with van der Waals surface area (Å²) in [6, 6.07) is 24.6. The second-order valence-electron chi connectivity index (χ2n) is 7.69. The fourth-order valence-corrected chi connectivity index (χ4v) is 3.46. The minimum Gasteiger partial charge on any atom is -0.470 e. The fraction of sp³-hybridized carbons (Fsp3) is 0.231. The highest BCUT2D eigenvalue weighted by atomic mass is 16.5. The number of aromatic nitrogens is 3. The van der Waals surface area contributed by atoms with Gasteiger partial charge in [0.25, 0.3) is 0 Å². The molecule has 4 aromatic rings. The first-order valence-corrected chi connectivity index (χ1v) is 10.9. The summed E-state index contributed by atoms with van der Waals surface area (Å²) in [5.74, 6) is 0.666. The van der Waals surface area contributed by atoms with Gasteiger partial charge in [0.15, 0.2) is 0 Å². The number of nitrogens with one attached hydrogen (secondary N) is 2. The Hall–Kier alpha value is -3.64. The predicted octanol–water partition coefficient (Wildman–Crippen LogP) is 4.17. The molecule has 0 bridgehead atoms. The summed E-state index contributed by atoms with van der Waals surface area (Å²) in [7, 11) is 1.91. The Morgan fingerprint density at radius 3 is 2.41 bits per heavy atom. The van der Waals surface area contributed by atoms with Crippen molar-refractivity contribution < 1.29 is 4.74 Å². The molecule has 2 aromatic heterocycles. The molecule has 3 heterocycles. The van der Waals surface area contributed by atoms with Gasteiger partial charge in [0, 0.05) is 37.1 Å². The van der Waals surface area contributed by atoms with Crippen LogP contribution in [0.15, 0.2) is 91.4 Å². The van der Waals surface area contributed by atoms with E-state index in [9.17, 15) is 0 Å². The van der Waals surface area contributed by atoms with Gasteiger partial charge >= 0.3 is 0 Å². The zero-order valence-electron chi connectivity index (χ0n) is 18.3. The lowest BCUT2D eigenvalue weighted by molar-refractivity contribution is 0.194. The minimum atomic E-state index is 0.0787. The number of rotatable bonds is 6. The van der Waals surface area contributed by atoms with Gasteiger partial charge < -0.3 is 15.4 Å². The molecule has 32 heavy (non-hydrogen) atoms. The molecule has 5 rings (SSSR count). The van der Waals surface area contributed by atoms with Crippen LogP contribution >= 0.6 is 0 Å². The molecule has 0 radical (unpaired) electrons. The highest BCUT2D eigenvalue weighted by molar-refractivity contribution is 5.69. The summed E-state index contributed by atoms with van der Waals surface area (Å²) in [5.41, 5.74) is 4.37. The Bertz CT molecular complexity index is 1060. The molecule has 6 heteroatoms. The zero-order valence-corrected chi connectivity index (χ0v) is 18.3. The lowest BCUT2D eigenvalue weighted by atomic mass is 10.1. The second kappa shape index (κ2) is 11.1. The number of hydrogen-bond acceptors (Lipinski definition) is 5. The smallest absolute Gasteiger partial charge is 0.237 e. The summed E-state index contributed by atoms with van der Waals surface area (Å²) < 4.78 is 7.81. The van der Waals surface area contributed by atoms with Gasteiger partial charge in [0.1, 0.15) is 6.10 Å². The topological polar surface area (TPSA) is 64.0 Å². The largest absolute Gasteiger partial charge is 0.470 e. The molecule has 2 N–H and O–H groups in total. The molecule has 0 saturated carbocycles. The van der Waals surface area contributed by atoms with Crippen molar-refractivity contribution in [3.8, 4) is 17.0 Å². The van der Waals surface area contributed by atoms with E-state index in [1.54, 1.807) is 4.68 Å². The number of hydrogen-bond donors (Lipinski definition) is 2. The van der Waals surface area contributed by atoms with Crippen molar-refractivity contribution >= 4 is 5.69 Å². The predicted molar refractivity (Wildman–Crippen MR) is 129 cm³/mol. The maximum Gasteiger partial charge on any atom is 0.237 e. The molecule has 0 amide bonds. The number of ether oxygens (including phenoxy) is 1. The normalized spacial score (nSPS) is 14.3. The molecule has 1 unspecified atom stereocenters. The van der Waals surface area contributed by atoms with Crippen LogP contribution in [-0.2, 0) is 13.5 Å². The first-order chi connectivity index (χ1) is 15.8. The maximum atomic E-state index is 6.02. The van der Waals surface area contributed by atoms with E-state index in [1.807, 2.05) is 68.1 Å². The molecule has 2 aromatic carbocycles. The summed E-state index contributed by atoms with van der Waals surface area (Å²) in [6.07, 6.45) is 6.75. The molecule has 1 atom stereocenters. The molecule has 6 nitrogen and oxygen atoms in total. The van der Waals surface area contributed by atoms with Crippen LogP contribution in [0.4, 0.5) is 5.69 Å². The van der Waals surface area contributed by atoms with Crippen LogP contribution in [0.25, 0.3) is 11.1 Å². The van der Waals surface area contributed by atoms with E-state index in [0.29, 0.717) is 5.88 Å². The number of aryl methyl sites for hydroxylation is 1. The van der Waals surface area contributed by atoms with E-state index in [1.165, 1.54) is 5.56 Å².